The quantitative estimate of drug-likeness (QED) is 0.822. The van der Waals surface area contributed by atoms with Crippen LogP contribution >= 0.6 is 0 Å². The summed E-state index contributed by atoms with van der Waals surface area (Å²) in [4.78, 5) is 11.3. The third-order valence-electron chi connectivity index (χ3n) is 2.69. The number of benzene rings is 1. The molecule has 0 spiro atoms. The van der Waals surface area contributed by atoms with Crippen molar-refractivity contribution in [2.75, 3.05) is 19.7 Å². The molecule has 6 heteroatoms. The van der Waals surface area contributed by atoms with Crippen molar-refractivity contribution in [3.05, 3.63) is 29.3 Å². The van der Waals surface area contributed by atoms with Crippen molar-refractivity contribution in [3.63, 3.8) is 0 Å². The standard InChI is InChI=1S/C13H18F2N2O2/c1-9-3-4-11(5-10(9)2)19-6-12(18)17-8-13(14,15)7-16/h3-5H,6-8,16H2,1-2H3,(H,17,18). The zero-order valence-corrected chi connectivity index (χ0v) is 11.0. The largest absolute Gasteiger partial charge is 0.484 e. The second-order valence-corrected chi connectivity index (χ2v) is 4.37. The van der Waals surface area contributed by atoms with Gasteiger partial charge in [-0.3, -0.25) is 4.79 Å². The Hall–Kier alpha value is -1.69. The molecule has 0 bridgehead atoms. The summed E-state index contributed by atoms with van der Waals surface area (Å²) in [5.74, 6) is -3.16. The minimum Gasteiger partial charge on any atom is -0.484 e. The first kappa shape index (κ1) is 15.4. The molecular formula is C13H18F2N2O2. The molecule has 1 aromatic carbocycles. The number of nitrogens with one attached hydrogen (secondary N) is 1. The molecule has 0 radical (unpaired) electrons. The lowest BCUT2D eigenvalue weighted by molar-refractivity contribution is -0.124. The minimum absolute atomic E-state index is 0.302. The molecule has 0 atom stereocenters. The summed E-state index contributed by atoms with van der Waals surface area (Å²) in [6, 6.07) is 5.38. The number of halogens is 2. The molecule has 0 saturated heterocycles. The van der Waals surface area contributed by atoms with E-state index in [4.69, 9.17) is 10.5 Å². The molecule has 0 aliphatic carbocycles. The summed E-state index contributed by atoms with van der Waals surface area (Å²) in [6.45, 7) is 2.00. The van der Waals surface area contributed by atoms with Crippen LogP contribution < -0.4 is 15.8 Å². The Labute approximate surface area is 110 Å². The highest BCUT2D eigenvalue weighted by atomic mass is 19.3. The van der Waals surface area contributed by atoms with Crippen molar-refractivity contribution in [2.45, 2.75) is 19.8 Å². The minimum atomic E-state index is -3.09. The third kappa shape index (κ3) is 5.21. The highest BCUT2D eigenvalue weighted by Crippen LogP contribution is 2.16. The molecule has 1 amide bonds. The van der Waals surface area contributed by atoms with Crippen LogP contribution in [0.15, 0.2) is 18.2 Å². The van der Waals surface area contributed by atoms with Crippen LogP contribution in [0.1, 0.15) is 11.1 Å². The molecule has 0 aliphatic rings. The fraction of sp³-hybridized carbons (Fsp3) is 0.462. The summed E-state index contributed by atoms with van der Waals surface area (Å²) < 4.78 is 30.8. The van der Waals surface area contributed by atoms with Crippen molar-refractivity contribution in [2.24, 2.45) is 5.73 Å². The van der Waals surface area contributed by atoms with Gasteiger partial charge in [-0.15, -0.1) is 0 Å². The van der Waals surface area contributed by atoms with E-state index in [0.29, 0.717) is 5.75 Å². The summed E-state index contributed by atoms with van der Waals surface area (Å²) >= 11 is 0. The molecule has 1 rings (SSSR count). The number of carbonyl (C=O) groups is 1. The third-order valence-corrected chi connectivity index (χ3v) is 2.69. The van der Waals surface area contributed by atoms with Crippen molar-refractivity contribution in [1.82, 2.24) is 5.32 Å². The maximum absolute atomic E-state index is 12.8. The number of hydrogen-bond acceptors (Lipinski definition) is 3. The van der Waals surface area contributed by atoms with E-state index in [9.17, 15) is 13.6 Å². The second-order valence-electron chi connectivity index (χ2n) is 4.37. The van der Waals surface area contributed by atoms with Gasteiger partial charge in [0.15, 0.2) is 6.61 Å². The fourth-order valence-electron chi connectivity index (χ4n) is 1.30. The van der Waals surface area contributed by atoms with E-state index in [-0.39, 0.29) is 6.61 Å². The highest BCUT2D eigenvalue weighted by Gasteiger charge is 2.27. The Balaban J connectivity index is 2.40. The molecule has 4 nitrogen and oxygen atoms in total. The van der Waals surface area contributed by atoms with E-state index in [1.807, 2.05) is 19.9 Å². The first-order chi connectivity index (χ1) is 8.84. The van der Waals surface area contributed by atoms with Gasteiger partial charge in [0, 0.05) is 0 Å². The monoisotopic (exact) mass is 272 g/mol. The van der Waals surface area contributed by atoms with Crippen molar-refractivity contribution in [1.29, 1.82) is 0 Å². The molecular weight excluding hydrogens is 254 g/mol. The van der Waals surface area contributed by atoms with Crippen molar-refractivity contribution in [3.8, 4) is 5.75 Å². The molecule has 0 aromatic heterocycles. The van der Waals surface area contributed by atoms with E-state index in [0.717, 1.165) is 11.1 Å². The van der Waals surface area contributed by atoms with Crippen molar-refractivity contribution < 1.29 is 18.3 Å². The van der Waals surface area contributed by atoms with E-state index in [1.165, 1.54) is 0 Å². The van der Waals surface area contributed by atoms with Gasteiger partial charge in [0.1, 0.15) is 5.75 Å². The first-order valence-electron chi connectivity index (χ1n) is 5.89. The van der Waals surface area contributed by atoms with E-state index >= 15 is 0 Å². The average Bonchev–Trinajstić information content (AvgIpc) is 2.38. The smallest absolute Gasteiger partial charge is 0.277 e. The topological polar surface area (TPSA) is 64.3 Å². The van der Waals surface area contributed by atoms with Crippen LogP contribution in [-0.4, -0.2) is 31.5 Å². The van der Waals surface area contributed by atoms with Crippen LogP contribution in [0.25, 0.3) is 0 Å². The lowest BCUT2D eigenvalue weighted by Crippen LogP contribution is -2.43. The lowest BCUT2D eigenvalue weighted by Gasteiger charge is -2.14. The Morgan fingerprint density at radius 1 is 1.37 bits per heavy atom. The number of amides is 1. The van der Waals surface area contributed by atoms with E-state index in [2.05, 4.69) is 5.32 Å². The molecule has 106 valence electrons. The normalized spacial score (nSPS) is 11.2. The zero-order valence-electron chi connectivity index (χ0n) is 11.0. The number of rotatable bonds is 6. The molecule has 0 saturated carbocycles. The van der Waals surface area contributed by atoms with Crippen LogP contribution in [0.4, 0.5) is 8.78 Å². The number of nitrogens with two attached hydrogens (primary N) is 1. The Morgan fingerprint density at radius 3 is 2.63 bits per heavy atom. The second kappa shape index (κ2) is 6.47. The molecule has 0 unspecified atom stereocenters. The van der Waals surface area contributed by atoms with Gasteiger partial charge in [-0.05, 0) is 37.1 Å². The predicted octanol–water partition coefficient (Wildman–Crippen LogP) is 1.39. The van der Waals surface area contributed by atoms with Gasteiger partial charge in [0.25, 0.3) is 11.8 Å². The molecule has 1 aromatic rings. The van der Waals surface area contributed by atoms with Gasteiger partial charge in [-0.2, -0.15) is 0 Å². The SMILES string of the molecule is Cc1ccc(OCC(=O)NCC(F)(F)CN)cc1C. The number of alkyl halides is 2. The van der Waals surface area contributed by atoms with Gasteiger partial charge in [-0.25, -0.2) is 8.78 Å². The summed E-state index contributed by atoms with van der Waals surface area (Å²) in [5.41, 5.74) is 7.00. The summed E-state index contributed by atoms with van der Waals surface area (Å²) in [5, 5.41) is 2.08. The Kier molecular flexibility index (Phi) is 5.23. The average molecular weight is 272 g/mol. The van der Waals surface area contributed by atoms with Gasteiger partial charge < -0.3 is 15.8 Å². The number of ether oxygens (including phenoxy) is 1. The predicted molar refractivity (Wildman–Crippen MR) is 68.4 cm³/mol. The van der Waals surface area contributed by atoms with Crippen LogP contribution in [0.3, 0.4) is 0 Å². The Bertz CT molecular complexity index is 450. The van der Waals surface area contributed by atoms with Crippen LogP contribution in [0.5, 0.6) is 5.75 Å². The van der Waals surface area contributed by atoms with Crippen LogP contribution in [0.2, 0.25) is 0 Å². The molecule has 0 aliphatic heterocycles. The molecule has 0 fully saturated rings. The molecule has 0 heterocycles. The van der Waals surface area contributed by atoms with E-state index < -0.39 is 24.9 Å². The molecule has 3 N–H and O–H groups in total. The maximum Gasteiger partial charge on any atom is 0.277 e. The van der Waals surface area contributed by atoms with E-state index in [1.54, 1.807) is 12.1 Å². The summed E-state index contributed by atoms with van der Waals surface area (Å²) in [6.07, 6.45) is 0. The maximum atomic E-state index is 12.8. The summed E-state index contributed by atoms with van der Waals surface area (Å²) in [7, 11) is 0. The van der Waals surface area contributed by atoms with Gasteiger partial charge in [0.2, 0.25) is 0 Å². The number of aryl methyl sites for hydroxylation is 2. The van der Waals surface area contributed by atoms with Crippen molar-refractivity contribution >= 4 is 5.91 Å². The van der Waals surface area contributed by atoms with Gasteiger partial charge >= 0.3 is 0 Å². The molecule has 19 heavy (non-hydrogen) atoms. The van der Waals surface area contributed by atoms with Crippen LogP contribution in [0, 0.1) is 13.8 Å². The number of carbonyl (C=O) groups excluding carboxylic acids is 1. The van der Waals surface area contributed by atoms with Crippen LogP contribution in [-0.2, 0) is 4.79 Å². The first-order valence-corrected chi connectivity index (χ1v) is 5.89. The fourth-order valence-corrected chi connectivity index (χ4v) is 1.30. The van der Waals surface area contributed by atoms with Gasteiger partial charge in [0.05, 0.1) is 13.1 Å². The lowest BCUT2D eigenvalue weighted by atomic mass is 10.1. The number of hydrogen-bond donors (Lipinski definition) is 2. The Morgan fingerprint density at radius 2 is 2.05 bits per heavy atom. The highest BCUT2D eigenvalue weighted by molar-refractivity contribution is 5.77. The zero-order chi connectivity index (χ0) is 14.5. The van der Waals surface area contributed by atoms with Gasteiger partial charge in [-0.1, -0.05) is 6.07 Å².